The van der Waals surface area contributed by atoms with Gasteiger partial charge in [-0.05, 0) is 101 Å². The Labute approximate surface area is 233 Å². The largest absolute Gasteiger partial charge is 0.0616 e. The molecule has 8 rings (SSSR count). The van der Waals surface area contributed by atoms with E-state index in [2.05, 4.69) is 158 Å². The molecule has 0 saturated heterocycles. The molecule has 40 heavy (non-hydrogen) atoms. The van der Waals surface area contributed by atoms with E-state index in [0.29, 0.717) is 0 Å². The minimum atomic E-state index is 1.25. The minimum absolute atomic E-state index is 1.25. The van der Waals surface area contributed by atoms with Gasteiger partial charge in [0.1, 0.15) is 0 Å². The second-order valence-electron chi connectivity index (χ2n) is 10.5. The Balaban J connectivity index is 1.52. The fourth-order valence-electron chi connectivity index (χ4n) is 6.29. The zero-order chi connectivity index (χ0) is 26.5. The van der Waals surface area contributed by atoms with Gasteiger partial charge in [0.05, 0.1) is 0 Å². The maximum absolute atomic E-state index is 2.39. The molecule has 8 aromatic rings. The summed E-state index contributed by atoms with van der Waals surface area (Å²) in [5.74, 6) is 0. The summed E-state index contributed by atoms with van der Waals surface area (Å²) >= 11 is 0. The van der Waals surface area contributed by atoms with Gasteiger partial charge in [-0.15, -0.1) is 0 Å². The molecule has 0 atom stereocenters. The highest BCUT2D eigenvalue weighted by molar-refractivity contribution is 6.10. The van der Waals surface area contributed by atoms with Crippen LogP contribution < -0.4 is 0 Å². The van der Waals surface area contributed by atoms with Gasteiger partial charge in [0.15, 0.2) is 0 Å². The van der Waals surface area contributed by atoms with Gasteiger partial charge in [0.2, 0.25) is 0 Å². The average molecular weight is 507 g/mol. The van der Waals surface area contributed by atoms with Crippen molar-refractivity contribution in [1.29, 1.82) is 0 Å². The molecule has 0 spiro atoms. The van der Waals surface area contributed by atoms with E-state index in [4.69, 9.17) is 0 Å². The van der Waals surface area contributed by atoms with Crippen molar-refractivity contribution in [3.8, 4) is 33.4 Å². The number of hydrogen-bond donors (Lipinski definition) is 0. The Kier molecular flexibility index (Phi) is 5.24. The van der Waals surface area contributed by atoms with E-state index in [1.165, 1.54) is 76.5 Å². The topological polar surface area (TPSA) is 0 Å². The van der Waals surface area contributed by atoms with E-state index in [-0.39, 0.29) is 0 Å². The van der Waals surface area contributed by atoms with Gasteiger partial charge in [-0.25, -0.2) is 0 Å². The SMILES string of the molecule is c1ccc2cc(-c3cccc4ccccc34)c(-c3cc4ccccc4cc3-c3cccc4ccccc34)cc2c1. The first kappa shape index (κ1) is 22.8. The minimum Gasteiger partial charge on any atom is -0.0616 e. The first-order valence-electron chi connectivity index (χ1n) is 13.9. The molecule has 0 aromatic heterocycles. The van der Waals surface area contributed by atoms with Crippen LogP contribution in [0.4, 0.5) is 0 Å². The van der Waals surface area contributed by atoms with Crippen LogP contribution in [0, 0.1) is 0 Å². The quantitative estimate of drug-likeness (QED) is 0.223. The Morgan fingerprint density at radius 3 is 0.850 bits per heavy atom. The molecule has 0 aliphatic rings. The van der Waals surface area contributed by atoms with Crippen LogP contribution in [0.1, 0.15) is 0 Å². The van der Waals surface area contributed by atoms with Gasteiger partial charge >= 0.3 is 0 Å². The maximum atomic E-state index is 2.39. The van der Waals surface area contributed by atoms with Crippen molar-refractivity contribution < 1.29 is 0 Å². The van der Waals surface area contributed by atoms with Crippen LogP contribution in [0.25, 0.3) is 76.5 Å². The van der Waals surface area contributed by atoms with Crippen molar-refractivity contribution in [2.75, 3.05) is 0 Å². The first-order chi connectivity index (χ1) is 19.8. The van der Waals surface area contributed by atoms with Crippen LogP contribution in [-0.2, 0) is 0 Å². The van der Waals surface area contributed by atoms with Gasteiger partial charge in [-0.1, -0.05) is 133 Å². The lowest BCUT2D eigenvalue weighted by atomic mass is 9.84. The molecule has 0 fully saturated rings. The average Bonchev–Trinajstić information content (AvgIpc) is 3.03. The lowest BCUT2D eigenvalue weighted by Crippen LogP contribution is -1.93. The molecule has 0 radical (unpaired) electrons. The van der Waals surface area contributed by atoms with Crippen molar-refractivity contribution in [2.24, 2.45) is 0 Å². The van der Waals surface area contributed by atoms with Crippen molar-refractivity contribution in [2.45, 2.75) is 0 Å². The number of hydrogen-bond acceptors (Lipinski definition) is 0. The molecule has 186 valence electrons. The van der Waals surface area contributed by atoms with Gasteiger partial charge < -0.3 is 0 Å². The summed E-state index contributed by atoms with van der Waals surface area (Å²) in [4.78, 5) is 0. The predicted octanol–water partition coefficient (Wildman–Crippen LogP) is 11.3. The van der Waals surface area contributed by atoms with Crippen molar-refractivity contribution in [3.63, 3.8) is 0 Å². The van der Waals surface area contributed by atoms with Crippen LogP contribution in [0.2, 0.25) is 0 Å². The summed E-state index contributed by atoms with van der Waals surface area (Å²) in [7, 11) is 0. The second kappa shape index (κ2) is 9.22. The number of fused-ring (bicyclic) bond motifs is 4. The van der Waals surface area contributed by atoms with E-state index in [1.54, 1.807) is 0 Å². The summed E-state index contributed by atoms with van der Waals surface area (Å²) in [6.07, 6.45) is 0. The Hall–Kier alpha value is -5.20. The Bertz CT molecular complexity index is 2050. The molecule has 0 N–H and O–H groups in total. The Morgan fingerprint density at radius 1 is 0.200 bits per heavy atom. The number of benzene rings is 8. The molecular formula is C40H26. The second-order valence-corrected chi connectivity index (χ2v) is 10.5. The monoisotopic (exact) mass is 506 g/mol. The molecule has 0 saturated carbocycles. The van der Waals surface area contributed by atoms with E-state index in [1.807, 2.05) is 0 Å². The molecule has 0 aliphatic heterocycles. The van der Waals surface area contributed by atoms with Crippen LogP contribution >= 0.6 is 0 Å². The van der Waals surface area contributed by atoms with E-state index >= 15 is 0 Å². The summed E-state index contributed by atoms with van der Waals surface area (Å²) in [5, 5.41) is 10.1. The summed E-state index contributed by atoms with van der Waals surface area (Å²) < 4.78 is 0. The van der Waals surface area contributed by atoms with E-state index in [9.17, 15) is 0 Å². The highest BCUT2D eigenvalue weighted by atomic mass is 14.2. The molecule has 0 bridgehead atoms. The highest BCUT2D eigenvalue weighted by Crippen LogP contribution is 2.45. The fraction of sp³-hybridized carbons (Fsp3) is 0. The molecule has 8 aromatic carbocycles. The van der Waals surface area contributed by atoms with Gasteiger partial charge in [0, 0.05) is 0 Å². The zero-order valence-electron chi connectivity index (χ0n) is 22.0. The summed E-state index contributed by atoms with van der Waals surface area (Å²) in [6.45, 7) is 0. The molecule has 0 amide bonds. The highest BCUT2D eigenvalue weighted by Gasteiger charge is 2.18. The Morgan fingerprint density at radius 2 is 0.475 bits per heavy atom. The molecule has 0 heterocycles. The van der Waals surface area contributed by atoms with Gasteiger partial charge in [0.25, 0.3) is 0 Å². The third kappa shape index (κ3) is 3.69. The summed E-state index contributed by atoms with van der Waals surface area (Å²) in [5.41, 5.74) is 7.54. The molecule has 0 nitrogen and oxygen atoms in total. The molecule has 0 unspecified atom stereocenters. The molecule has 0 heteroatoms. The first-order valence-corrected chi connectivity index (χ1v) is 13.9. The maximum Gasteiger partial charge on any atom is -0.00923 e. The van der Waals surface area contributed by atoms with Crippen molar-refractivity contribution >= 4 is 43.1 Å². The number of rotatable bonds is 3. The molecular weight excluding hydrogens is 480 g/mol. The van der Waals surface area contributed by atoms with Gasteiger partial charge in [-0.2, -0.15) is 0 Å². The van der Waals surface area contributed by atoms with Crippen LogP contribution in [0.3, 0.4) is 0 Å². The van der Waals surface area contributed by atoms with E-state index in [0.717, 1.165) is 0 Å². The van der Waals surface area contributed by atoms with Gasteiger partial charge in [-0.3, -0.25) is 0 Å². The van der Waals surface area contributed by atoms with Crippen molar-refractivity contribution in [3.05, 3.63) is 158 Å². The molecule has 0 aliphatic carbocycles. The third-order valence-corrected chi connectivity index (χ3v) is 8.22. The van der Waals surface area contributed by atoms with E-state index < -0.39 is 0 Å². The predicted molar refractivity (Wildman–Crippen MR) is 173 cm³/mol. The summed E-state index contributed by atoms with van der Waals surface area (Å²) in [6, 6.07) is 57.7. The standard InChI is InChI=1S/C40H26/c1-3-15-31-25-39(37(23-29(31)13-1)35-21-9-17-27-11-5-7-19-33(27)35)40-26-32-16-4-2-14-30(32)24-38(40)36-22-10-18-28-12-6-8-20-34(28)36/h1-26H. The van der Waals surface area contributed by atoms with Crippen LogP contribution in [0.5, 0.6) is 0 Å². The lowest BCUT2D eigenvalue weighted by Gasteiger charge is -2.19. The van der Waals surface area contributed by atoms with Crippen LogP contribution in [0.15, 0.2) is 158 Å². The fourth-order valence-corrected chi connectivity index (χ4v) is 6.29. The van der Waals surface area contributed by atoms with Crippen molar-refractivity contribution in [1.82, 2.24) is 0 Å². The zero-order valence-corrected chi connectivity index (χ0v) is 22.0. The van der Waals surface area contributed by atoms with Crippen LogP contribution in [-0.4, -0.2) is 0 Å². The normalized spacial score (nSPS) is 11.5. The lowest BCUT2D eigenvalue weighted by molar-refractivity contribution is 1.62. The smallest absolute Gasteiger partial charge is 0.00923 e. The third-order valence-electron chi connectivity index (χ3n) is 8.22.